The molecule has 22 heavy (non-hydrogen) atoms. The number of rotatable bonds is 2. The Morgan fingerprint density at radius 2 is 1.86 bits per heavy atom. The summed E-state index contributed by atoms with van der Waals surface area (Å²) < 4.78 is 25.4. The topological polar surface area (TPSA) is 52.0 Å². The fraction of sp³-hybridized carbons (Fsp3) is 0.188. The van der Waals surface area contributed by atoms with Crippen molar-refractivity contribution in [3.8, 4) is 11.1 Å². The molecular weight excluding hydrogens is 320 g/mol. The summed E-state index contributed by atoms with van der Waals surface area (Å²) in [5, 5.41) is 5.96. The molecule has 0 spiro atoms. The normalized spacial score (nSPS) is 12.0. The zero-order valence-electron chi connectivity index (χ0n) is 12.5. The molecule has 4 nitrogen and oxygen atoms in total. The van der Waals surface area contributed by atoms with Crippen LogP contribution in [0.4, 0.5) is 0 Å². The molecule has 0 aliphatic carbocycles. The summed E-state index contributed by atoms with van der Waals surface area (Å²) >= 11 is 6.01. The second-order valence-electron chi connectivity index (χ2n) is 5.36. The van der Waals surface area contributed by atoms with Gasteiger partial charge in [0.05, 0.1) is 0 Å². The fourth-order valence-electron chi connectivity index (χ4n) is 2.78. The maximum atomic E-state index is 12.0. The van der Waals surface area contributed by atoms with E-state index in [4.69, 9.17) is 11.6 Å². The minimum absolute atomic E-state index is 0.232. The molecular formula is C16H15ClN2O2S. The van der Waals surface area contributed by atoms with Crippen LogP contribution in [0.15, 0.2) is 41.4 Å². The number of benzene rings is 2. The van der Waals surface area contributed by atoms with E-state index >= 15 is 0 Å². The molecule has 3 rings (SSSR count). The highest BCUT2D eigenvalue weighted by Crippen LogP contribution is 2.33. The third-order valence-corrected chi connectivity index (χ3v) is 5.06. The molecule has 0 aliphatic heterocycles. The molecule has 0 fully saturated rings. The zero-order valence-corrected chi connectivity index (χ0v) is 14.0. The second-order valence-corrected chi connectivity index (χ2v) is 7.73. The average Bonchev–Trinajstić information content (AvgIpc) is 2.74. The Morgan fingerprint density at radius 3 is 2.50 bits per heavy atom. The molecule has 0 saturated heterocycles. The second kappa shape index (κ2) is 5.11. The van der Waals surface area contributed by atoms with Gasteiger partial charge in [0.15, 0.2) is 14.9 Å². The zero-order chi connectivity index (χ0) is 16.1. The van der Waals surface area contributed by atoms with Crippen LogP contribution >= 0.6 is 11.6 Å². The van der Waals surface area contributed by atoms with E-state index in [1.807, 2.05) is 37.3 Å². The van der Waals surface area contributed by atoms with Crippen LogP contribution in [0.25, 0.3) is 22.0 Å². The van der Waals surface area contributed by atoms with Crippen molar-refractivity contribution in [2.75, 3.05) is 6.26 Å². The highest BCUT2D eigenvalue weighted by Gasteiger charge is 2.20. The molecule has 2 aromatic carbocycles. The quantitative estimate of drug-likeness (QED) is 0.719. The molecule has 0 bridgehead atoms. The van der Waals surface area contributed by atoms with Crippen molar-refractivity contribution in [2.45, 2.75) is 11.9 Å². The van der Waals surface area contributed by atoms with E-state index in [0.717, 1.165) is 16.7 Å². The lowest BCUT2D eigenvalue weighted by Gasteiger charge is -2.07. The summed E-state index contributed by atoms with van der Waals surface area (Å²) in [6, 6.07) is 11.2. The lowest BCUT2D eigenvalue weighted by atomic mass is 9.99. The number of hydrogen-bond acceptors (Lipinski definition) is 3. The van der Waals surface area contributed by atoms with Gasteiger partial charge in [-0.3, -0.25) is 4.68 Å². The summed E-state index contributed by atoms with van der Waals surface area (Å²) in [6.45, 7) is 1.97. The molecule has 0 radical (unpaired) electrons. The summed E-state index contributed by atoms with van der Waals surface area (Å²) in [4.78, 5) is 0. The molecule has 3 aromatic rings. The summed E-state index contributed by atoms with van der Waals surface area (Å²) in [7, 11) is -1.71. The van der Waals surface area contributed by atoms with Crippen LogP contribution in [0.1, 0.15) is 5.56 Å². The van der Waals surface area contributed by atoms with Crippen molar-refractivity contribution in [3.63, 3.8) is 0 Å². The van der Waals surface area contributed by atoms with E-state index in [2.05, 4.69) is 5.10 Å². The van der Waals surface area contributed by atoms with Gasteiger partial charge in [-0.2, -0.15) is 5.10 Å². The van der Waals surface area contributed by atoms with Gasteiger partial charge in [0.2, 0.25) is 0 Å². The number of nitrogens with zero attached hydrogens (tertiary/aromatic N) is 2. The largest absolute Gasteiger partial charge is 0.256 e. The molecule has 1 heterocycles. The van der Waals surface area contributed by atoms with Crippen LogP contribution in [-0.4, -0.2) is 24.5 Å². The fourth-order valence-corrected chi connectivity index (χ4v) is 4.09. The number of aromatic nitrogens is 2. The van der Waals surface area contributed by atoms with Crippen molar-refractivity contribution in [1.82, 2.24) is 9.78 Å². The molecule has 0 amide bonds. The van der Waals surface area contributed by atoms with Crippen molar-refractivity contribution < 1.29 is 8.42 Å². The maximum Gasteiger partial charge on any atom is 0.193 e. The van der Waals surface area contributed by atoms with E-state index in [9.17, 15) is 8.42 Å². The van der Waals surface area contributed by atoms with E-state index in [1.165, 1.54) is 10.9 Å². The first-order chi connectivity index (χ1) is 10.3. The van der Waals surface area contributed by atoms with Crippen LogP contribution in [-0.2, 0) is 16.9 Å². The predicted molar refractivity (Wildman–Crippen MR) is 89.0 cm³/mol. The third kappa shape index (κ3) is 2.40. The Morgan fingerprint density at radius 1 is 1.14 bits per heavy atom. The van der Waals surface area contributed by atoms with Crippen molar-refractivity contribution in [1.29, 1.82) is 0 Å². The van der Waals surface area contributed by atoms with Crippen LogP contribution in [0.3, 0.4) is 0 Å². The summed E-state index contributed by atoms with van der Waals surface area (Å²) in [5.41, 5.74) is 3.59. The first-order valence-electron chi connectivity index (χ1n) is 6.71. The molecule has 114 valence electrons. The minimum atomic E-state index is -3.35. The number of sulfone groups is 1. The van der Waals surface area contributed by atoms with E-state index in [0.29, 0.717) is 15.9 Å². The Labute approximate surface area is 134 Å². The SMILES string of the molecule is Cc1cc(Cl)ccc1-c1cccc2c(S(C)(=O)=O)n(C)nc12. The Balaban J connectivity index is 2.38. The first kappa shape index (κ1) is 15.1. The molecule has 0 unspecified atom stereocenters. The van der Waals surface area contributed by atoms with Crippen LogP contribution < -0.4 is 0 Å². The van der Waals surface area contributed by atoms with Gasteiger partial charge in [-0.05, 0) is 36.2 Å². The van der Waals surface area contributed by atoms with Crippen molar-refractivity contribution in [2.24, 2.45) is 7.05 Å². The predicted octanol–water partition coefficient (Wildman–Crippen LogP) is 3.61. The lowest BCUT2D eigenvalue weighted by Crippen LogP contribution is -2.05. The highest BCUT2D eigenvalue weighted by atomic mass is 35.5. The van der Waals surface area contributed by atoms with E-state index in [-0.39, 0.29) is 5.03 Å². The standard InChI is InChI=1S/C16H15ClN2O2S/c1-10-9-11(17)7-8-12(10)13-5-4-6-14-15(13)18-19(2)16(14)22(3,20)21/h4-9H,1-3H3. The number of fused-ring (bicyclic) bond motifs is 1. The molecule has 0 saturated carbocycles. The molecule has 0 N–H and O–H groups in total. The van der Waals surface area contributed by atoms with Crippen LogP contribution in [0.5, 0.6) is 0 Å². The van der Waals surface area contributed by atoms with Gasteiger partial charge >= 0.3 is 0 Å². The van der Waals surface area contributed by atoms with E-state index < -0.39 is 9.84 Å². The molecule has 0 atom stereocenters. The molecule has 0 aliphatic rings. The van der Waals surface area contributed by atoms with Gasteiger partial charge in [0, 0.05) is 29.3 Å². The molecule has 6 heteroatoms. The van der Waals surface area contributed by atoms with Gasteiger partial charge in [-0.1, -0.05) is 29.8 Å². The molecule has 1 aromatic heterocycles. The summed E-state index contributed by atoms with van der Waals surface area (Å²) in [6.07, 6.45) is 1.20. The van der Waals surface area contributed by atoms with Gasteiger partial charge in [-0.25, -0.2) is 8.42 Å². The van der Waals surface area contributed by atoms with Gasteiger partial charge < -0.3 is 0 Å². The maximum absolute atomic E-state index is 12.0. The number of halogens is 1. The Kier molecular flexibility index (Phi) is 3.50. The van der Waals surface area contributed by atoms with Gasteiger partial charge in [0.25, 0.3) is 0 Å². The van der Waals surface area contributed by atoms with Crippen molar-refractivity contribution in [3.05, 3.63) is 47.0 Å². The lowest BCUT2D eigenvalue weighted by molar-refractivity contribution is 0.585. The first-order valence-corrected chi connectivity index (χ1v) is 8.98. The number of hydrogen-bond donors (Lipinski definition) is 0. The average molecular weight is 335 g/mol. The van der Waals surface area contributed by atoms with Crippen LogP contribution in [0, 0.1) is 6.92 Å². The third-order valence-electron chi connectivity index (χ3n) is 3.64. The van der Waals surface area contributed by atoms with Crippen LogP contribution in [0.2, 0.25) is 5.02 Å². The highest BCUT2D eigenvalue weighted by molar-refractivity contribution is 7.90. The van der Waals surface area contributed by atoms with Gasteiger partial charge in [0.1, 0.15) is 5.52 Å². The smallest absolute Gasteiger partial charge is 0.193 e. The van der Waals surface area contributed by atoms with Crippen molar-refractivity contribution >= 4 is 32.3 Å². The minimum Gasteiger partial charge on any atom is -0.256 e. The monoisotopic (exact) mass is 334 g/mol. The van der Waals surface area contributed by atoms with Gasteiger partial charge in [-0.15, -0.1) is 0 Å². The Hall–Kier alpha value is -1.85. The van der Waals surface area contributed by atoms with E-state index in [1.54, 1.807) is 13.1 Å². The number of aryl methyl sites for hydroxylation is 2. The Bertz CT molecular complexity index is 991. The summed E-state index contributed by atoms with van der Waals surface area (Å²) in [5.74, 6) is 0.